The van der Waals surface area contributed by atoms with Crippen LogP contribution in [0, 0.1) is 0 Å². The first-order valence-electron chi connectivity index (χ1n) is 6.47. The average molecular weight is 357 g/mol. The molecule has 4 heteroatoms. The fourth-order valence-electron chi connectivity index (χ4n) is 2.46. The lowest BCUT2D eigenvalue weighted by Crippen LogP contribution is -2.12. The molecule has 0 unspecified atom stereocenters. The van der Waals surface area contributed by atoms with Gasteiger partial charge < -0.3 is 5.32 Å². The molecule has 0 amide bonds. The van der Waals surface area contributed by atoms with Gasteiger partial charge in [0.1, 0.15) is 0 Å². The van der Waals surface area contributed by atoms with E-state index in [0.717, 1.165) is 28.1 Å². The number of benzene rings is 1. The molecule has 1 N–H and O–H groups in total. The van der Waals surface area contributed by atoms with Crippen LogP contribution in [0.15, 0.2) is 28.7 Å². The number of nitrogens with one attached hydrogen (secondary N) is 1. The predicted octanol–water partition coefficient (Wildman–Crippen LogP) is 4.94. The molecule has 1 aromatic carbocycles. The summed E-state index contributed by atoms with van der Waals surface area (Å²) < 4.78 is 1.02. The van der Waals surface area contributed by atoms with Crippen LogP contribution in [0.2, 0.25) is 5.02 Å². The van der Waals surface area contributed by atoms with Gasteiger partial charge in [0.15, 0.2) is 0 Å². The van der Waals surface area contributed by atoms with Crippen molar-refractivity contribution in [2.45, 2.75) is 32.4 Å². The van der Waals surface area contributed by atoms with Gasteiger partial charge in [-0.3, -0.25) is 0 Å². The van der Waals surface area contributed by atoms with Crippen LogP contribution < -0.4 is 5.32 Å². The topological polar surface area (TPSA) is 12.0 Å². The van der Waals surface area contributed by atoms with Crippen molar-refractivity contribution in [2.75, 3.05) is 0 Å². The molecule has 0 saturated carbocycles. The summed E-state index contributed by atoms with van der Waals surface area (Å²) in [6.07, 6.45) is 3.88. The van der Waals surface area contributed by atoms with Crippen LogP contribution in [-0.4, -0.2) is 0 Å². The standard InChI is InChI=1S/C15H15BrClNS/c16-12-5-4-11(14(17)7-12)8-18-9-13-6-10-2-1-3-15(10)19-13/h4-7,18H,1-3,8-9H2. The Morgan fingerprint density at radius 3 is 2.89 bits per heavy atom. The molecule has 1 aliphatic carbocycles. The number of fused-ring (bicyclic) bond motifs is 1. The van der Waals surface area contributed by atoms with Crippen LogP contribution >= 0.6 is 38.9 Å². The lowest BCUT2D eigenvalue weighted by Gasteiger charge is -2.06. The Balaban J connectivity index is 1.57. The lowest BCUT2D eigenvalue weighted by molar-refractivity contribution is 0.700. The van der Waals surface area contributed by atoms with Crippen molar-refractivity contribution in [2.24, 2.45) is 0 Å². The highest BCUT2D eigenvalue weighted by Crippen LogP contribution is 2.30. The summed E-state index contributed by atoms with van der Waals surface area (Å²) in [5, 5.41) is 4.29. The maximum absolute atomic E-state index is 6.20. The first-order valence-corrected chi connectivity index (χ1v) is 8.46. The highest BCUT2D eigenvalue weighted by Gasteiger charge is 2.14. The average Bonchev–Trinajstić information content (AvgIpc) is 2.92. The molecule has 19 heavy (non-hydrogen) atoms. The molecular formula is C15H15BrClNS. The number of halogens is 2. The summed E-state index contributed by atoms with van der Waals surface area (Å²) in [4.78, 5) is 3.04. The molecule has 2 aromatic rings. The number of aryl methyl sites for hydroxylation is 2. The van der Waals surface area contributed by atoms with Crippen molar-refractivity contribution in [3.8, 4) is 0 Å². The smallest absolute Gasteiger partial charge is 0.0462 e. The second kappa shape index (κ2) is 5.96. The third kappa shape index (κ3) is 3.22. The van der Waals surface area contributed by atoms with Crippen LogP contribution in [0.5, 0.6) is 0 Å². The summed E-state index contributed by atoms with van der Waals surface area (Å²) in [5.41, 5.74) is 2.72. The van der Waals surface area contributed by atoms with Gasteiger partial charge in [-0.1, -0.05) is 33.6 Å². The second-order valence-corrected chi connectivity index (χ2v) is 7.40. The van der Waals surface area contributed by atoms with E-state index >= 15 is 0 Å². The van der Waals surface area contributed by atoms with E-state index in [0.29, 0.717) is 0 Å². The van der Waals surface area contributed by atoms with Gasteiger partial charge >= 0.3 is 0 Å². The van der Waals surface area contributed by atoms with Crippen molar-refractivity contribution >= 4 is 38.9 Å². The van der Waals surface area contributed by atoms with Gasteiger partial charge in [-0.25, -0.2) is 0 Å². The molecule has 0 fully saturated rings. The molecule has 0 saturated heterocycles. The van der Waals surface area contributed by atoms with E-state index < -0.39 is 0 Å². The third-order valence-electron chi connectivity index (χ3n) is 3.43. The van der Waals surface area contributed by atoms with Crippen LogP contribution in [0.3, 0.4) is 0 Å². The molecule has 3 rings (SSSR count). The highest BCUT2D eigenvalue weighted by molar-refractivity contribution is 9.10. The minimum atomic E-state index is 0.814. The molecule has 1 nitrogen and oxygen atoms in total. The van der Waals surface area contributed by atoms with Crippen LogP contribution in [0.25, 0.3) is 0 Å². The zero-order valence-electron chi connectivity index (χ0n) is 10.5. The van der Waals surface area contributed by atoms with E-state index in [1.165, 1.54) is 24.1 Å². The van der Waals surface area contributed by atoms with Crippen LogP contribution in [0.1, 0.15) is 27.3 Å². The molecule has 1 aromatic heterocycles. The maximum atomic E-state index is 6.20. The van der Waals surface area contributed by atoms with Gasteiger partial charge in [-0.2, -0.15) is 0 Å². The Bertz CT molecular complexity index is 572. The van der Waals surface area contributed by atoms with Crippen molar-refractivity contribution < 1.29 is 0 Å². The Morgan fingerprint density at radius 1 is 1.21 bits per heavy atom. The van der Waals surface area contributed by atoms with Crippen molar-refractivity contribution in [3.63, 3.8) is 0 Å². The van der Waals surface area contributed by atoms with E-state index in [-0.39, 0.29) is 0 Å². The fraction of sp³-hybridized carbons (Fsp3) is 0.333. The highest BCUT2D eigenvalue weighted by atomic mass is 79.9. The largest absolute Gasteiger partial charge is 0.308 e. The summed E-state index contributed by atoms with van der Waals surface area (Å²) in [6.45, 7) is 1.75. The van der Waals surface area contributed by atoms with Gasteiger partial charge in [-0.05, 0) is 48.6 Å². The van der Waals surface area contributed by atoms with Gasteiger partial charge in [0.05, 0.1) is 0 Å². The fourth-order valence-corrected chi connectivity index (χ4v) is 4.43. The SMILES string of the molecule is Clc1cc(Br)ccc1CNCc1cc2c(s1)CCC2. The number of rotatable bonds is 4. The monoisotopic (exact) mass is 355 g/mol. The molecule has 0 aliphatic heterocycles. The Morgan fingerprint density at radius 2 is 2.11 bits per heavy atom. The quantitative estimate of drug-likeness (QED) is 0.818. The van der Waals surface area contributed by atoms with Crippen molar-refractivity contribution in [3.05, 3.63) is 54.6 Å². The number of hydrogen-bond donors (Lipinski definition) is 1. The molecule has 100 valence electrons. The maximum Gasteiger partial charge on any atom is 0.0462 e. The molecule has 1 heterocycles. The van der Waals surface area contributed by atoms with Crippen molar-refractivity contribution in [1.29, 1.82) is 0 Å². The summed E-state index contributed by atoms with van der Waals surface area (Å²) >= 11 is 11.6. The van der Waals surface area contributed by atoms with Gasteiger partial charge in [-0.15, -0.1) is 11.3 Å². The van der Waals surface area contributed by atoms with Crippen LogP contribution in [-0.2, 0) is 25.9 Å². The molecule has 0 atom stereocenters. The van der Waals surface area contributed by atoms with E-state index in [4.69, 9.17) is 11.6 Å². The first kappa shape index (κ1) is 13.6. The molecule has 0 spiro atoms. The Hall–Kier alpha value is -0.350. The van der Waals surface area contributed by atoms with Gasteiger partial charge in [0.25, 0.3) is 0 Å². The first-order chi connectivity index (χ1) is 9.22. The Kier molecular flexibility index (Phi) is 4.27. The summed E-state index contributed by atoms with van der Waals surface area (Å²) in [5.74, 6) is 0. The second-order valence-electron chi connectivity index (χ2n) is 4.85. The lowest BCUT2D eigenvalue weighted by atomic mass is 10.2. The molecule has 0 bridgehead atoms. The normalized spacial score (nSPS) is 13.8. The Labute approximate surface area is 131 Å². The van der Waals surface area contributed by atoms with Crippen molar-refractivity contribution in [1.82, 2.24) is 5.32 Å². The van der Waals surface area contributed by atoms with E-state index in [2.05, 4.69) is 33.4 Å². The zero-order chi connectivity index (χ0) is 13.2. The van der Waals surface area contributed by atoms with E-state index in [1.807, 2.05) is 23.5 Å². The molecule has 0 radical (unpaired) electrons. The summed E-state index contributed by atoms with van der Waals surface area (Å²) in [7, 11) is 0. The minimum absolute atomic E-state index is 0.814. The third-order valence-corrected chi connectivity index (χ3v) is 5.51. The minimum Gasteiger partial charge on any atom is -0.308 e. The zero-order valence-corrected chi connectivity index (χ0v) is 13.7. The van der Waals surface area contributed by atoms with Crippen LogP contribution in [0.4, 0.5) is 0 Å². The van der Waals surface area contributed by atoms with E-state index in [9.17, 15) is 0 Å². The van der Waals surface area contributed by atoms with E-state index in [1.54, 1.807) is 10.4 Å². The number of hydrogen-bond acceptors (Lipinski definition) is 2. The summed E-state index contributed by atoms with van der Waals surface area (Å²) in [6, 6.07) is 8.40. The van der Waals surface area contributed by atoms with Gasteiger partial charge in [0.2, 0.25) is 0 Å². The molecular weight excluding hydrogens is 342 g/mol. The van der Waals surface area contributed by atoms with Gasteiger partial charge in [0, 0.05) is 32.3 Å². The predicted molar refractivity (Wildman–Crippen MR) is 86.0 cm³/mol. The molecule has 1 aliphatic rings. The number of thiophene rings is 1.